The van der Waals surface area contributed by atoms with Crippen LogP contribution in [-0.4, -0.2) is 41.3 Å². The highest BCUT2D eigenvalue weighted by molar-refractivity contribution is 6.02. The highest BCUT2D eigenvalue weighted by atomic mass is 16.5. The molecular weight excluding hydrogens is 252 g/mol. The first kappa shape index (κ1) is 15.2. The number of ether oxygens (including phenoxy) is 1. The van der Waals surface area contributed by atoms with Gasteiger partial charge < -0.3 is 15.2 Å². The smallest absolute Gasteiger partial charge is 0.328 e. The van der Waals surface area contributed by atoms with Gasteiger partial charge >= 0.3 is 12.0 Å². The van der Waals surface area contributed by atoms with Crippen molar-refractivity contribution in [3.63, 3.8) is 0 Å². The third-order valence-corrected chi connectivity index (χ3v) is 2.65. The molecule has 1 aliphatic heterocycles. The number of nitrogens with one attached hydrogen (secondary N) is 2. The van der Waals surface area contributed by atoms with Gasteiger partial charge in [0.1, 0.15) is 0 Å². The second-order valence-electron chi connectivity index (χ2n) is 4.93. The van der Waals surface area contributed by atoms with Gasteiger partial charge in [-0.15, -0.1) is 0 Å². The van der Waals surface area contributed by atoms with Gasteiger partial charge in [-0.1, -0.05) is 0 Å². The Morgan fingerprint density at radius 1 is 1.32 bits per heavy atom. The second kappa shape index (κ2) is 6.33. The van der Waals surface area contributed by atoms with Crippen LogP contribution >= 0.6 is 0 Å². The Morgan fingerprint density at radius 2 is 2.00 bits per heavy atom. The zero-order valence-electron chi connectivity index (χ0n) is 10.9. The highest BCUT2D eigenvalue weighted by Gasteiger charge is 2.29. The Labute approximate surface area is 111 Å². The minimum atomic E-state index is -1.25. The Kier molecular flexibility index (Phi) is 5.05. The predicted molar refractivity (Wildman–Crippen MR) is 66.5 cm³/mol. The number of amides is 3. The monoisotopic (exact) mass is 270 g/mol. The number of carbonyl (C=O) groups excluding carboxylic acids is 2. The van der Waals surface area contributed by atoms with Crippen molar-refractivity contribution in [3.8, 4) is 0 Å². The number of urea groups is 1. The summed E-state index contributed by atoms with van der Waals surface area (Å²) in [6.07, 6.45) is 2.78. The van der Waals surface area contributed by atoms with Gasteiger partial charge in [0.25, 0.3) is 5.91 Å². The number of hydrogen-bond donors (Lipinski definition) is 3. The van der Waals surface area contributed by atoms with Crippen molar-refractivity contribution in [1.82, 2.24) is 10.6 Å². The molecule has 0 aromatic carbocycles. The van der Waals surface area contributed by atoms with Crippen molar-refractivity contribution in [2.45, 2.75) is 38.3 Å². The minimum absolute atomic E-state index is 0.0694. The van der Waals surface area contributed by atoms with Crippen molar-refractivity contribution < 1.29 is 24.2 Å². The van der Waals surface area contributed by atoms with E-state index >= 15 is 0 Å². The summed E-state index contributed by atoms with van der Waals surface area (Å²) < 4.78 is 5.51. The van der Waals surface area contributed by atoms with Crippen LogP contribution in [0.4, 0.5) is 4.79 Å². The van der Waals surface area contributed by atoms with Gasteiger partial charge in [0.15, 0.2) is 0 Å². The summed E-state index contributed by atoms with van der Waals surface area (Å²) in [6, 6.07) is -0.706. The number of carboxylic acids is 1. The van der Waals surface area contributed by atoms with Crippen LogP contribution in [0.25, 0.3) is 0 Å². The Bertz CT molecular complexity index is 403. The molecule has 1 rings (SSSR count). The topological polar surface area (TPSA) is 105 Å². The van der Waals surface area contributed by atoms with E-state index in [1.807, 2.05) is 19.2 Å². The predicted octanol–water partition coefficient (Wildman–Crippen LogP) is 0.411. The van der Waals surface area contributed by atoms with Gasteiger partial charge in [-0.05, 0) is 26.7 Å². The van der Waals surface area contributed by atoms with Crippen LogP contribution in [0.1, 0.15) is 26.7 Å². The number of aliphatic carboxylic acids is 1. The summed E-state index contributed by atoms with van der Waals surface area (Å²) in [5, 5.41) is 13.0. The molecule has 3 amide bonds. The molecule has 7 heteroatoms. The number of rotatable bonds is 3. The lowest BCUT2D eigenvalue weighted by Gasteiger charge is -2.35. The molecule has 0 radical (unpaired) electrons. The fraction of sp³-hybridized carbons (Fsp3) is 0.583. The molecule has 3 N–H and O–H groups in total. The van der Waals surface area contributed by atoms with E-state index < -0.39 is 17.9 Å². The summed E-state index contributed by atoms with van der Waals surface area (Å²) in [5.74, 6) is -2.02. The summed E-state index contributed by atoms with van der Waals surface area (Å²) in [6.45, 7) is 4.41. The molecule has 1 heterocycles. The van der Waals surface area contributed by atoms with Gasteiger partial charge in [-0.3, -0.25) is 10.1 Å². The molecule has 1 fully saturated rings. The van der Waals surface area contributed by atoms with Gasteiger partial charge in [0.2, 0.25) is 0 Å². The zero-order chi connectivity index (χ0) is 14.5. The quantitative estimate of drug-likeness (QED) is 0.644. The summed E-state index contributed by atoms with van der Waals surface area (Å²) >= 11 is 0. The largest absolute Gasteiger partial charge is 0.478 e. The number of hydrogen-bond acceptors (Lipinski definition) is 4. The van der Waals surface area contributed by atoms with E-state index in [4.69, 9.17) is 9.84 Å². The van der Waals surface area contributed by atoms with Gasteiger partial charge in [0.05, 0.1) is 5.60 Å². The SMILES string of the molecule is CC1(C)CC(NC(=O)NC(=O)/C=C/C(=O)O)CCO1. The molecule has 0 bridgehead atoms. The van der Waals surface area contributed by atoms with Gasteiger partial charge in [-0.2, -0.15) is 0 Å². The van der Waals surface area contributed by atoms with E-state index in [0.29, 0.717) is 25.5 Å². The first-order valence-electron chi connectivity index (χ1n) is 5.95. The highest BCUT2D eigenvalue weighted by Crippen LogP contribution is 2.23. The van der Waals surface area contributed by atoms with Crippen LogP contribution < -0.4 is 10.6 Å². The molecule has 0 aliphatic carbocycles. The maximum absolute atomic E-state index is 11.5. The molecule has 7 nitrogen and oxygen atoms in total. The molecule has 1 aliphatic rings. The zero-order valence-corrected chi connectivity index (χ0v) is 10.9. The lowest BCUT2D eigenvalue weighted by atomic mass is 9.94. The summed E-state index contributed by atoms with van der Waals surface area (Å²) in [7, 11) is 0. The third kappa shape index (κ3) is 6.01. The van der Waals surface area contributed by atoms with Crippen LogP contribution in [0.3, 0.4) is 0 Å². The van der Waals surface area contributed by atoms with Gasteiger partial charge in [0, 0.05) is 24.8 Å². The first-order chi connectivity index (χ1) is 8.78. The van der Waals surface area contributed by atoms with E-state index in [9.17, 15) is 14.4 Å². The standard InChI is InChI=1S/C12H18N2O5/c1-12(2)7-8(5-6-19-12)13-11(18)14-9(15)3-4-10(16)17/h3-4,8H,5-7H2,1-2H3,(H,16,17)(H2,13,14,15,18)/b4-3+. The van der Waals surface area contributed by atoms with E-state index in [0.717, 1.165) is 6.08 Å². The molecule has 1 saturated heterocycles. The maximum atomic E-state index is 11.5. The fourth-order valence-electron chi connectivity index (χ4n) is 1.88. The molecule has 0 aromatic rings. The maximum Gasteiger partial charge on any atom is 0.328 e. The Morgan fingerprint density at radius 3 is 2.58 bits per heavy atom. The molecule has 0 aromatic heterocycles. The molecule has 106 valence electrons. The fourth-order valence-corrected chi connectivity index (χ4v) is 1.88. The molecule has 19 heavy (non-hydrogen) atoms. The van der Waals surface area contributed by atoms with Crippen molar-refractivity contribution in [2.24, 2.45) is 0 Å². The molecular formula is C12H18N2O5. The number of carboxylic acid groups (broad SMARTS) is 1. The van der Waals surface area contributed by atoms with Crippen LogP contribution in [0.15, 0.2) is 12.2 Å². The second-order valence-corrected chi connectivity index (χ2v) is 4.93. The van der Waals surface area contributed by atoms with Crippen LogP contribution in [0.5, 0.6) is 0 Å². The molecule has 1 atom stereocenters. The van der Waals surface area contributed by atoms with Crippen LogP contribution in [-0.2, 0) is 14.3 Å². The summed E-state index contributed by atoms with van der Waals surface area (Å²) in [5.41, 5.74) is -0.302. The number of imide groups is 1. The minimum Gasteiger partial charge on any atom is -0.478 e. The van der Waals surface area contributed by atoms with E-state index in [1.54, 1.807) is 0 Å². The van der Waals surface area contributed by atoms with Crippen molar-refractivity contribution >= 4 is 17.9 Å². The summed E-state index contributed by atoms with van der Waals surface area (Å²) in [4.78, 5) is 32.9. The Balaban J connectivity index is 2.39. The van der Waals surface area contributed by atoms with Crippen molar-refractivity contribution in [1.29, 1.82) is 0 Å². The average Bonchev–Trinajstić information content (AvgIpc) is 2.24. The molecule has 0 spiro atoms. The van der Waals surface area contributed by atoms with Crippen molar-refractivity contribution in [3.05, 3.63) is 12.2 Å². The lowest BCUT2D eigenvalue weighted by Crippen LogP contribution is -2.49. The molecule has 0 saturated carbocycles. The first-order valence-corrected chi connectivity index (χ1v) is 5.95. The van der Waals surface area contributed by atoms with E-state index in [-0.39, 0.29) is 11.6 Å². The van der Waals surface area contributed by atoms with Gasteiger partial charge in [-0.25, -0.2) is 9.59 Å². The molecule has 1 unspecified atom stereocenters. The number of carbonyl (C=O) groups is 3. The van der Waals surface area contributed by atoms with E-state index in [2.05, 4.69) is 5.32 Å². The normalized spacial score (nSPS) is 21.9. The van der Waals surface area contributed by atoms with Crippen molar-refractivity contribution in [2.75, 3.05) is 6.61 Å². The van der Waals surface area contributed by atoms with Crippen LogP contribution in [0, 0.1) is 0 Å². The lowest BCUT2D eigenvalue weighted by molar-refractivity contribution is -0.131. The van der Waals surface area contributed by atoms with E-state index in [1.165, 1.54) is 0 Å². The van der Waals surface area contributed by atoms with Crippen LogP contribution in [0.2, 0.25) is 0 Å². The Hall–Kier alpha value is -1.89. The average molecular weight is 270 g/mol. The third-order valence-electron chi connectivity index (χ3n) is 2.65.